The van der Waals surface area contributed by atoms with Gasteiger partial charge < -0.3 is 14.8 Å². The van der Waals surface area contributed by atoms with Crippen molar-refractivity contribution < 1.29 is 4.79 Å². The molecule has 0 aliphatic carbocycles. The quantitative estimate of drug-likeness (QED) is 0.842. The Morgan fingerprint density at radius 1 is 1.36 bits per heavy atom. The molecule has 0 unspecified atom stereocenters. The molecule has 1 N–H and O–H groups in total. The molecule has 0 aromatic carbocycles. The average Bonchev–Trinajstić information content (AvgIpc) is 3.03. The molecule has 1 aliphatic rings. The summed E-state index contributed by atoms with van der Waals surface area (Å²) < 4.78 is 2.10. The summed E-state index contributed by atoms with van der Waals surface area (Å²) >= 11 is 0. The lowest BCUT2D eigenvalue weighted by molar-refractivity contribution is -0.134. The predicted molar refractivity (Wildman–Crippen MR) is 94.8 cm³/mol. The van der Waals surface area contributed by atoms with Crippen LogP contribution in [0.4, 0.5) is 5.69 Å². The maximum Gasteiger partial charge on any atom is 0.237 e. The van der Waals surface area contributed by atoms with Gasteiger partial charge in [0.05, 0.1) is 25.3 Å². The van der Waals surface area contributed by atoms with Gasteiger partial charge in [0.25, 0.3) is 0 Å². The van der Waals surface area contributed by atoms with Gasteiger partial charge in [-0.2, -0.15) is 0 Å². The fourth-order valence-electron chi connectivity index (χ4n) is 2.71. The Labute approximate surface area is 147 Å². The van der Waals surface area contributed by atoms with Crippen LogP contribution < -0.4 is 5.32 Å². The highest BCUT2D eigenvalue weighted by Crippen LogP contribution is 2.14. The summed E-state index contributed by atoms with van der Waals surface area (Å²) in [6, 6.07) is 4.20. The molecule has 1 amide bonds. The largest absolute Gasteiger partial charge is 0.376 e. The van der Waals surface area contributed by atoms with E-state index in [0.717, 1.165) is 23.9 Å². The van der Waals surface area contributed by atoms with E-state index in [2.05, 4.69) is 38.9 Å². The first-order valence-corrected chi connectivity index (χ1v) is 8.57. The summed E-state index contributed by atoms with van der Waals surface area (Å²) in [5.74, 6) is 1.86. The van der Waals surface area contributed by atoms with Crippen molar-refractivity contribution in [3.8, 4) is 0 Å². The Bertz CT molecular complexity index is 713. The molecule has 134 valence electrons. The van der Waals surface area contributed by atoms with Crippen LogP contribution in [0.1, 0.15) is 25.5 Å². The zero-order valence-electron chi connectivity index (χ0n) is 15.0. The van der Waals surface area contributed by atoms with Gasteiger partial charge in [-0.05, 0) is 33.0 Å². The average molecular weight is 343 g/mol. The smallest absolute Gasteiger partial charge is 0.237 e. The van der Waals surface area contributed by atoms with E-state index in [1.54, 1.807) is 12.4 Å². The molecule has 2 aromatic heterocycles. The van der Waals surface area contributed by atoms with Crippen molar-refractivity contribution >= 4 is 11.6 Å². The second kappa shape index (κ2) is 7.60. The first-order valence-electron chi connectivity index (χ1n) is 8.57. The molecular weight excluding hydrogens is 318 g/mol. The van der Waals surface area contributed by atoms with Crippen molar-refractivity contribution in [2.45, 2.75) is 39.5 Å². The van der Waals surface area contributed by atoms with Crippen molar-refractivity contribution in [1.82, 2.24) is 29.5 Å². The summed E-state index contributed by atoms with van der Waals surface area (Å²) in [4.78, 5) is 20.4. The number of amides is 1. The number of pyridine rings is 1. The third-order valence-electron chi connectivity index (χ3n) is 4.56. The van der Waals surface area contributed by atoms with Crippen molar-refractivity contribution in [2.24, 2.45) is 0 Å². The molecule has 1 aliphatic heterocycles. The molecule has 8 heteroatoms. The van der Waals surface area contributed by atoms with E-state index in [4.69, 9.17) is 0 Å². The van der Waals surface area contributed by atoms with E-state index < -0.39 is 0 Å². The Hall–Kier alpha value is -2.48. The van der Waals surface area contributed by atoms with Gasteiger partial charge >= 0.3 is 0 Å². The number of nitrogens with one attached hydrogen (secondary N) is 1. The van der Waals surface area contributed by atoms with Gasteiger partial charge in [0, 0.05) is 31.5 Å². The number of anilines is 1. The molecule has 0 saturated carbocycles. The SMILES string of the molecule is CC(C)N(C)CC(=O)N1CCn2c(CNc3cccnc3)nnc2C1. The van der Waals surface area contributed by atoms with Gasteiger partial charge in [0.15, 0.2) is 11.6 Å². The van der Waals surface area contributed by atoms with E-state index in [9.17, 15) is 4.79 Å². The Balaban J connectivity index is 1.60. The van der Waals surface area contributed by atoms with Crippen LogP contribution in [0.2, 0.25) is 0 Å². The normalized spacial score (nSPS) is 14.0. The van der Waals surface area contributed by atoms with Crippen molar-refractivity contribution in [3.05, 3.63) is 36.2 Å². The number of rotatable bonds is 6. The predicted octanol–water partition coefficient (Wildman–Crippen LogP) is 0.968. The van der Waals surface area contributed by atoms with Crippen LogP contribution in [0.25, 0.3) is 0 Å². The molecule has 0 saturated heterocycles. The summed E-state index contributed by atoms with van der Waals surface area (Å²) in [6.07, 6.45) is 3.52. The minimum absolute atomic E-state index is 0.139. The third kappa shape index (κ3) is 4.14. The number of hydrogen-bond acceptors (Lipinski definition) is 6. The fraction of sp³-hybridized carbons (Fsp3) is 0.529. The first-order chi connectivity index (χ1) is 12.0. The van der Waals surface area contributed by atoms with E-state index in [0.29, 0.717) is 32.2 Å². The van der Waals surface area contributed by atoms with Crippen LogP contribution in [0.5, 0.6) is 0 Å². The molecule has 0 atom stereocenters. The number of aromatic nitrogens is 4. The third-order valence-corrected chi connectivity index (χ3v) is 4.56. The molecule has 3 rings (SSSR count). The van der Waals surface area contributed by atoms with Crippen LogP contribution in [0, 0.1) is 0 Å². The van der Waals surface area contributed by atoms with E-state index >= 15 is 0 Å². The highest BCUT2D eigenvalue weighted by atomic mass is 16.2. The van der Waals surface area contributed by atoms with Crippen LogP contribution >= 0.6 is 0 Å². The number of carbonyl (C=O) groups excluding carboxylic acids is 1. The Morgan fingerprint density at radius 3 is 2.92 bits per heavy atom. The summed E-state index contributed by atoms with van der Waals surface area (Å²) in [5, 5.41) is 11.8. The molecule has 0 spiro atoms. The highest BCUT2D eigenvalue weighted by Gasteiger charge is 2.25. The molecule has 25 heavy (non-hydrogen) atoms. The number of fused-ring (bicyclic) bond motifs is 1. The minimum Gasteiger partial charge on any atom is -0.376 e. The summed E-state index contributed by atoms with van der Waals surface area (Å²) in [6.45, 7) is 7.12. The van der Waals surface area contributed by atoms with Gasteiger partial charge in [0.1, 0.15) is 0 Å². The lowest BCUT2D eigenvalue weighted by Crippen LogP contribution is -2.44. The van der Waals surface area contributed by atoms with Crippen LogP contribution in [0.3, 0.4) is 0 Å². The van der Waals surface area contributed by atoms with Gasteiger partial charge in [-0.25, -0.2) is 0 Å². The lowest BCUT2D eigenvalue weighted by atomic mass is 10.3. The van der Waals surface area contributed by atoms with Gasteiger partial charge in [-0.15, -0.1) is 10.2 Å². The lowest BCUT2D eigenvalue weighted by Gasteiger charge is -2.30. The monoisotopic (exact) mass is 343 g/mol. The number of nitrogens with zero attached hydrogens (tertiary/aromatic N) is 6. The second-order valence-corrected chi connectivity index (χ2v) is 6.60. The Morgan fingerprint density at radius 2 is 2.20 bits per heavy atom. The van der Waals surface area contributed by atoms with Gasteiger partial charge in [-0.3, -0.25) is 14.7 Å². The molecule has 2 aromatic rings. The number of likely N-dealkylation sites (N-methyl/N-ethyl adjacent to an activating group) is 1. The van der Waals surface area contributed by atoms with Crippen LogP contribution in [-0.2, 0) is 24.4 Å². The number of hydrogen-bond donors (Lipinski definition) is 1. The Kier molecular flexibility index (Phi) is 5.28. The molecule has 0 bridgehead atoms. The maximum atomic E-state index is 12.4. The first kappa shape index (κ1) is 17.3. The van der Waals surface area contributed by atoms with Crippen molar-refractivity contribution in [3.63, 3.8) is 0 Å². The zero-order valence-corrected chi connectivity index (χ0v) is 15.0. The van der Waals surface area contributed by atoms with E-state index in [-0.39, 0.29) is 5.91 Å². The van der Waals surface area contributed by atoms with Crippen LogP contribution in [0.15, 0.2) is 24.5 Å². The molecule has 3 heterocycles. The van der Waals surface area contributed by atoms with Crippen molar-refractivity contribution in [1.29, 1.82) is 0 Å². The van der Waals surface area contributed by atoms with Gasteiger partial charge in [0.2, 0.25) is 5.91 Å². The topological polar surface area (TPSA) is 79.2 Å². The molecule has 8 nitrogen and oxygen atoms in total. The minimum atomic E-state index is 0.139. The summed E-state index contributed by atoms with van der Waals surface area (Å²) in [5.41, 5.74) is 0.948. The molecule has 0 radical (unpaired) electrons. The second-order valence-electron chi connectivity index (χ2n) is 6.60. The van der Waals surface area contributed by atoms with E-state index in [1.807, 2.05) is 29.0 Å². The van der Waals surface area contributed by atoms with Crippen LogP contribution in [-0.4, -0.2) is 61.6 Å². The number of carbonyl (C=O) groups is 1. The molecular formula is C17H25N7O. The van der Waals surface area contributed by atoms with Crippen molar-refractivity contribution in [2.75, 3.05) is 25.5 Å². The molecule has 0 fully saturated rings. The fourth-order valence-corrected chi connectivity index (χ4v) is 2.71. The summed E-state index contributed by atoms with van der Waals surface area (Å²) in [7, 11) is 1.97. The van der Waals surface area contributed by atoms with Gasteiger partial charge in [-0.1, -0.05) is 0 Å². The zero-order chi connectivity index (χ0) is 17.8. The van der Waals surface area contributed by atoms with E-state index in [1.165, 1.54) is 0 Å². The standard InChI is InChI=1S/C17H25N7O/c1-13(2)22(3)12-17(25)23-7-8-24-15(20-21-16(24)11-23)10-19-14-5-4-6-18-9-14/h4-6,9,13,19H,7-8,10-12H2,1-3H3. The maximum absolute atomic E-state index is 12.4. The highest BCUT2D eigenvalue weighted by molar-refractivity contribution is 5.78.